The summed E-state index contributed by atoms with van der Waals surface area (Å²) in [6, 6.07) is -0.824. The zero-order valence-electron chi connectivity index (χ0n) is 30.0. The van der Waals surface area contributed by atoms with E-state index >= 15 is 0 Å². The van der Waals surface area contributed by atoms with Crippen LogP contribution < -0.4 is 5.32 Å². The van der Waals surface area contributed by atoms with Gasteiger partial charge in [0.2, 0.25) is 5.91 Å². The fourth-order valence-corrected chi connectivity index (χ4v) is 5.92. The smallest absolute Gasteiger partial charge is 0.220 e. The molecule has 0 aliphatic heterocycles. The van der Waals surface area contributed by atoms with Gasteiger partial charge in [0.05, 0.1) is 18.8 Å². The summed E-state index contributed by atoms with van der Waals surface area (Å²) in [5, 5.41) is 33.3. The number of unbranched alkanes of at least 4 members (excludes halogenated alkanes) is 23. The Morgan fingerprint density at radius 1 is 0.533 bits per heavy atom. The highest BCUT2D eigenvalue weighted by atomic mass is 16.3. The maximum atomic E-state index is 12.4. The second-order valence-electron chi connectivity index (χ2n) is 13.5. The molecule has 0 saturated carbocycles. The average molecular weight is 636 g/mol. The van der Waals surface area contributed by atoms with E-state index in [1.807, 2.05) is 0 Å². The summed E-state index contributed by atoms with van der Waals surface area (Å²) < 4.78 is 0. The van der Waals surface area contributed by atoms with Crippen molar-refractivity contribution >= 4 is 5.91 Å². The van der Waals surface area contributed by atoms with Gasteiger partial charge >= 0.3 is 0 Å². The van der Waals surface area contributed by atoms with Crippen LogP contribution >= 0.6 is 0 Å². The number of allylic oxidation sites excluding steroid dienone is 4. The molecule has 0 aromatic carbocycles. The molecular weight excluding hydrogens is 558 g/mol. The molecule has 5 nitrogen and oxygen atoms in total. The molecule has 0 heterocycles. The second kappa shape index (κ2) is 35.7. The molecule has 1 amide bonds. The number of carbonyl (C=O) groups excluding carboxylic acids is 1. The second-order valence-corrected chi connectivity index (χ2v) is 13.5. The molecule has 0 aliphatic carbocycles. The number of aliphatic hydroxyl groups is 3. The molecule has 0 rings (SSSR count). The van der Waals surface area contributed by atoms with E-state index in [9.17, 15) is 20.1 Å². The highest BCUT2D eigenvalue weighted by Crippen LogP contribution is 2.14. The van der Waals surface area contributed by atoms with E-state index in [1.54, 1.807) is 0 Å². The van der Waals surface area contributed by atoms with Crippen LogP contribution in [-0.2, 0) is 4.79 Å². The maximum Gasteiger partial charge on any atom is 0.220 e. The molecule has 3 unspecified atom stereocenters. The van der Waals surface area contributed by atoms with Crippen LogP contribution in [0.25, 0.3) is 0 Å². The Kier molecular flexibility index (Phi) is 34.8. The number of amides is 1. The maximum absolute atomic E-state index is 12.4. The van der Waals surface area contributed by atoms with Gasteiger partial charge in [0.15, 0.2) is 0 Å². The molecule has 3 atom stereocenters. The van der Waals surface area contributed by atoms with Crippen molar-refractivity contribution in [2.45, 2.75) is 218 Å². The first-order valence-corrected chi connectivity index (χ1v) is 19.6. The van der Waals surface area contributed by atoms with Crippen LogP contribution in [0.4, 0.5) is 0 Å². The Bertz CT molecular complexity index is 665. The summed E-state index contributed by atoms with van der Waals surface area (Å²) in [5.41, 5.74) is 0. The molecule has 5 heteroatoms. The highest BCUT2D eigenvalue weighted by Gasteiger charge is 2.26. The lowest BCUT2D eigenvalue weighted by atomic mass is 10.0. The molecule has 0 aromatic heterocycles. The Balaban J connectivity index is 3.69. The lowest BCUT2D eigenvalue weighted by Crippen LogP contribution is -2.50. The van der Waals surface area contributed by atoms with Gasteiger partial charge in [-0.05, 0) is 64.2 Å². The average Bonchev–Trinajstić information content (AvgIpc) is 3.04. The number of hydrogen-bond acceptors (Lipinski definition) is 4. The lowest BCUT2D eigenvalue weighted by Gasteiger charge is -2.26. The van der Waals surface area contributed by atoms with E-state index in [0.717, 1.165) is 38.5 Å². The zero-order chi connectivity index (χ0) is 33.1. The third-order valence-electron chi connectivity index (χ3n) is 9.03. The van der Waals surface area contributed by atoms with Crippen molar-refractivity contribution in [1.29, 1.82) is 0 Å². The van der Waals surface area contributed by atoms with Crippen molar-refractivity contribution < 1.29 is 20.1 Å². The predicted octanol–water partition coefficient (Wildman–Crippen LogP) is 10.7. The predicted molar refractivity (Wildman–Crippen MR) is 195 cm³/mol. The molecule has 0 spiro atoms. The summed E-state index contributed by atoms with van der Waals surface area (Å²) in [7, 11) is 0. The van der Waals surface area contributed by atoms with Crippen LogP contribution in [0.1, 0.15) is 200 Å². The normalized spacial score (nSPS) is 14.0. The lowest BCUT2D eigenvalue weighted by molar-refractivity contribution is -0.124. The van der Waals surface area contributed by atoms with Gasteiger partial charge in [-0.2, -0.15) is 0 Å². The summed E-state index contributed by atoms with van der Waals surface area (Å²) >= 11 is 0. The number of carbonyl (C=O) groups is 1. The van der Waals surface area contributed by atoms with Gasteiger partial charge in [0, 0.05) is 6.42 Å². The van der Waals surface area contributed by atoms with Crippen LogP contribution in [-0.4, -0.2) is 46.1 Å². The van der Waals surface area contributed by atoms with E-state index < -0.39 is 18.2 Å². The van der Waals surface area contributed by atoms with E-state index in [2.05, 4.69) is 43.5 Å². The third-order valence-corrected chi connectivity index (χ3v) is 9.03. The molecule has 0 aromatic rings. The number of nitrogens with one attached hydrogen (secondary N) is 1. The molecule has 266 valence electrons. The van der Waals surface area contributed by atoms with Gasteiger partial charge in [-0.15, -0.1) is 0 Å². The first kappa shape index (κ1) is 43.8. The Morgan fingerprint density at radius 2 is 0.889 bits per heavy atom. The van der Waals surface area contributed by atoms with Crippen molar-refractivity contribution in [3.8, 4) is 0 Å². The Hall–Kier alpha value is -1.17. The zero-order valence-corrected chi connectivity index (χ0v) is 30.0. The topological polar surface area (TPSA) is 89.8 Å². The van der Waals surface area contributed by atoms with Crippen molar-refractivity contribution in [1.82, 2.24) is 5.32 Å². The first-order chi connectivity index (χ1) is 22.1. The van der Waals surface area contributed by atoms with Crippen molar-refractivity contribution in [3.63, 3.8) is 0 Å². The number of rotatable bonds is 35. The number of hydrogen-bond donors (Lipinski definition) is 4. The molecule has 0 bridgehead atoms. The van der Waals surface area contributed by atoms with E-state index in [4.69, 9.17) is 0 Å². The van der Waals surface area contributed by atoms with Crippen molar-refractivity contribution in [2.24, 2.45) is 0 Å². The minimum Gasteiger partial charge on any atom is -0.394 e. The first-order valence-electron chi connectivity index (χ1n) is 19.6. The van der Waals surface area contributed by atoms with Gasteiger partial charge in [-0.3, -0.25) is 4.79 Å². The fourth-order valence-electron chi connectivity index (χ4n) is 5.92. The summed E-state index contributed by atoms with van der Waals surface area (Å²) in [6.45, 7) is 4.14. The standard InChI is InChI=1S/C40H77NO4/c1-3-5-7-9-11-13-15-17-18-19-20-21-22-23-25-27-29-31-33-35-39(44)41-37(36-42)40(45)38(43)34-32-30-28-26-24-16-14-12-10-8-6-4-2/h19-20,26,28,37-38,40,42-43,45H,3-18,21-25,27,29-36H2,1-2H3,(H,41,44)/b20-19-,28-26+. The van der Waals surface area contributed by atoms with Gasteiger partial charge in [0.1, 0.15) is 6.10 Å². The SMILES string of the molecule is CCCCCCCCC/C=C/CCCC(O)C(O)C(CO)NC(=O)CCCCCCCCC/C=C\CCCCCCCCCC. The minimum absolute atomic E-state index is 0.160. The Labute approximate surface area is 280 Å². The van der Waals surface area contributed by atoms with Crippen LogP contribution in [0, 0.1) is 0 Å². The van der Waals surface area contributed by atoms with Gasteiger partial charge in [-0.25, -0.2) is 0 Å². The molecule has 0 fully saturated rings. The van der Waals surface area contributed by atoms with Crippen LogP contribution in [0.5, 0.6) is 0 Å². The summed E-state index contributed by atoms with van der Waals surface area (Å²) in [4.78, 5) is 12.4. The summed E-state index contributed by atoms with van der Waals surface area (Å²) in [6.07, 6.45) is 41.3. The fraction of sp³-hybridized carbons (Fsp3) is 0.875. The Morgan fingerprint density at radius 3 is 1.29 bits per heavy atom. The van der Waals surface area contributed by atoms with Crippen LogP contribution in [0.2, 0.25) is 0 Å². The quantitative estimate of drug-likeness (QED) is 0.0412. The van der Waals surface area contributed by atoms with Gasteiger partial charge in [0.25, 0.3) is 0 Å². The monoisotopic (exact) mass is 636 g/mol. The third kappa shape index (κ3) is 31.2. The van der Waals surface area contributed by atoms with Crippen molar-refractivity contribution in [2.75, 3.05) is 6.61 Å². The van der Waals surface area contributed by atoms with Gasteiger partial charge < -0.3 is 20.6 Å². The number of aliphatic hydroxyl groups excluding tert-OH is 3. The molecule has 0 aliphatic rings. The minimum atomic E-state index is -1.16. The molecule has 0 radical (unpaired) electrons. The van der Waals surface area contributed by atoms with Gasteiger partial charge in [-0.1, -0.05) is 154 Å². The van der Waals surface area contributed by atoms with Crippen molar-refractivity contribution in [3.05, 3.63) is 24.3 Å². The van der Waals surface area contributed by atoms with Crippen LogP contribution in [0.15, 0.2) is 24.3 Å². The molecule has 4 N–H and O–H groups in total. The summed E-state index contributed by atoms with van der Waals surface area (Å²) in [5.74, 6) is -0.160. The molecule has 45 heavy (non-hydrogen) atoms. The largest absolute Gasteiger partial charge is 0.394 e. The van der Waals surface area contributed by atoms with E-state index in [-0.39, 0.29) is 12.5 Å². The highest BCUT2D eigenvalue weighted by molar-refractivity contribution is 5.76. The van der Waals surface area contributed by atoms with E-state index in [1.165, 1.54) is 135 Å². The van der Waals surface area contributed by atoms with Crippen LogP contribution in [0.3, 0.4) is 0 Å². The molecule has 0 saturated heterocycles. The molecular formula is C40H77NO4. The van der Waals surface area contributed by atoms with E-state index in [0.29, 0.717) is 12.8 Å².